The van der Waals surface area contributed by atoms with Crippen LogP contribution in [0.2, 0.25) is 0 Å². The molecule has 0 aromatic heterocycles. The fraction of sp³-hybridized carbons (Fsp3) is 0.159. The third-order valence-electron chi connectivity index (χ3n) is 14.3. The minimum Gasteiger partial charge on any atom is -0.336 e. The standard InChI is InChI=1S/C63H55N2/c1-42(2)50-30-20-31-51(43(3)4)61(50)65-60(54-29-16-18-33-58(54)63(65,46-23-9-7-10-24-46)47-25-11-8-12-26-47)45-35-37-48(38-36-45)64(59-34-19-22-44-21-13-14-27-52(44)59)49-39-40-57-55(41-49)53-28-15-17-32-56(53)62(57,5)6/h7-43H,1-6H3. The quantitative estimate of drug-likeness (QED) is 0.143. The van der Waals surface area contributed by atoms with E-state index in [0.29, 0.717) is 11.8 Å². The predicted molar refractivity (Wildman–Crippen MR) is 274 cm³/mol. The third kappa shape index (κ3) is 6.29. The summed E-state index contributed by atoms with van der Waals surface area (Å²) in [4.78, 5) is 5.21. The first kappa shape index (κ1) is 40.6. The normalized spacial score (nSPS) is 14.7. The summed E-state index contributed by atoms with van der Waals surface area (Å²) in [5, 5.41) is 2.43. The van der Waals surface area contributed by atoms with Crippen molar-refractivity contribution in [1.29, 1.82) is 0 Å². The number of anilines is 4. The van der Waals surface area contributed by atoms with Crippen molar-refractivity contribution >= 4 is 33.5 Å². The minimum atomic E-state index is -0.661. The van der Waals surface area contributed by atoms with Gasteiger partial charge in [-0.05, 0) is 109 Å². The Hall–Kier alpha value is -7.16. The van der Waals surface area contributed by atoms with E-state index in [-0.39, 0.29) is 5.41 Å². The maximum absolute atomic E-state index is 2.74. The Morgan fingerprint density at radius 3 is 1.62 bits per heavy atom. The largest absolute Gasteiger partial charge is 0.336 e. The van der Waals surface area contributed by atoms with Gasteiger partial charge in [-0.3, -0.25) is 0 Å². The van der Waals surface area contributed by atoms with Crippen LogP contribution in [0.25, 0.3) is 21.9 Å². The molecular weight excluding hydrogens is 785 g/mol. The lowest BCUT2D eigenvalue weighted by molar-refractivity contribution is 0.613. The Labute approximate surface area is 385 Å². The monoisotopic (exact) mass is 839 g/mol. The summed E-state index contributed by atoms with van der Waals surface area (Å²) in [6, 6.07) is 80.7. The van der Waals surface area contributed by atoms with Gasteiger partial charge in [0.2, 0.25) is 0 Å². The summed E-state index contributed by atoms with van der Waals surface area (Å²) >= 11 is 0. The highest BCUT2D eigenvalue weighted by Gasteiger charge is 2.55. The summed E-state index contributed by atoms with van der Waals surface area (Å²) < 4.78 is 0. The first-order valence-electron chi connectivity index (χ1n) is 23.3. The SMILES string of the molecule is CC(C)c1cccc(C(C)C)c1N1[C](c2ccc(N(c3ccc4c(c3)-c3ccccc3C4(C)C)c3cccc4ccccc34)cc2)c2ccccc2C1(c1ccccc1)c1ccccc1. The van der Waals surface area contributed by atoms with Gasteiger partial charge in [-0.15, -0.1) is 0 Å². The third-order valence-corrected chi connectivity index (χ3v) is 14.3. The maximum atomic E-state index is 2.74. The summed E-state index contributed by atoms with van der Waals surface area (Å²) in [5.41, 5.74) is 18.2. The van der Waals surface area contributed by atoms with E-state index in [1.165, 1.54) is 83.7 Å². The molecule has 317 valence electrons. The van der Waals surface area contributed by atoms with Crippen molar-refractivity contribution in [2.75, 3.05) is 9.80 Å². The second kappa shape index (κ2) is 15.8. The van der Waals surface area contributed by atoms with E-state index in [9.17, 15) is 0 Å². The minimum absolute atomic E-state index is 0.0740. The Morgan fingerprint density at radius 1 is 0.431 bits per heavy atom. The van der Waals surface area contributed by atoms with Crippen LogP contribution in [0, 0.1) is 6.04 Å². The molecule has 9 aromatic rings. The second-order valence-corrected chi connectivity index (χ2v) is 19.0. The molecule has 1 heterocycles. The molecule has 0 bridgehead atoms. The van der Waals surface area contributed by atoms with Crippen molar-refractivity contribution in [3.05, 3.63) is 268 Å². The van der Waals surface area contributed by atoms with E-state index in [1.807, 2.05) is 0 Å². The van der Waals surface area contributed by atoms with Crippen LogP contribution in [-0.4, -0.2) is 0 Å². The molecule has 1 radical (unpaired) electrons. The van der Waals surface area contributed by atoms with Crippen LogP contribution >= 0.6 is 0 Å². The lowest BCUT2D eigenvalue weighted by Gasteiger charge is -2.46. The molecule has 2 nitrogen and oxygen atoms in total. The fourth-order valence-corrected chi connectivity index (χ4v) is 11.3. The van der Waals surface area contributed by atoms with E-state index in [0.717, 1.165) is 17.1 Å². The van der Waals surface area contributed by atoms with Crippen LogP contribution in [0.4, 0.5) is 22.7 Å². The number of para-hydroxylation sites is 1. The molecule has 0 N–H and O–H groups in total. The molecule has 0 fully saturated rings. The molecule has 2 aliphatic rings. The second-order valence-electron chi connectivity index (χ2n) is 19.0. The van der Waals surface area contributed by atoms with Gasteiger partial charge >= 0.3 is 0 Å². The molecule has 9 aromatic carbocycles. The number of hydrogen-bond acceptors (Lipinski definition) is 2. The van der Waals surface area contributed by atoms with Crippen molar-refractivity contribution in [3.8, 4) is 11.1 Å². The van der Waals surface area contributed by atoms with Crippen LogP contribution in [0.15, 0.2) is 212 Å². The van der Waals surface area contributed by atoms with Crippen molar-refractivity contribution < 1.29 is 0 Å². The summed E-state index contributed by atoms with van der Waals surface area (Å²) in [6.45, 7) is 14.1. The number of nitrogens with zero attached hydrogens (tertiary/aromatic N) is 2. The van der Waals surface area contributed by atoms with Gasteiger partial charge in [-0.1, -0.05) is 224 Å². The molecule has 1 aliphatic carbocycles. The van der Waals surface area contributed by atoms with Gasteiger partial charge < -0.3 is 9.80 Å². The summed E-state index contributed by atoms with van der Waals surface area (Å²) in [5.74, 6) is 0.582. The highest BCUT2D eigenvalue weighted by atomic mass is 15.3. The topological polar surface area (TPSA) is 6.48 Å². The highest BCUT2D eigenvalue weighted by molar-refractivity contribution is 5.99. The molecule has 1 aliphatic heterocycles. The van der Waals surface area contributed by atoms with Gasteiger partial charge in [0.15, 0.2) is 0 Å². The molecule has 0 unspecified atom stereocenters. The Bertz CT molecular complexity index is 3130. The maximum Gasteiger partial charge on any atom is 0.124 e. The Kier molecular flexibility index (Phi) is 9.88. The van der Waals surface area contributed by atoms with E-state index < -0.39 is 5.54 Å². The molecule has 0 saturated carbocycles. The van der Waals surface area contributed by atoms with Gasteiger partial charge in [0, 0.05) is 27.9 Å². The Balaban J connectivity index is 1.15. The molecule has 0 saturated heterocycles. The van der Waals surface area contributed by atoms with Crippen LogP contribution in [0.5, 0.6) is 0 Å². The molecule has 11 rings (SSSR count). The molecule has 65 heavy (non-hydrogen) atoms. The van der Waals surface area contributed by atoms with Gasteiger partial charge in [-0.25, -0.2) is 0 Å². The van der Waals surface area contributed by atoms with E-state index in [2.05, 4.69) is 264 Å². The number of rotatable bonds is 9. The van der Waals surface area contributed by atoms with Crippen molar-refractivity contribution in [1.82, 2.24) is 0 Å². The predicted octanol–water partition coefficient (Wildman–Crippen LogP) is 16.6. The lowest BCUT2D eigenvalue weighted by atomic mass is 9.76. The first-order valence-corrected chi connectivity index (χ1v) is 23.3. The average molecular weight is 840 g/mol. The van der Waals surface area contributed by atoms with E-state index in [1.54, 1.807) is 0 Å². The zero-order valence-corrected chi connectivity index (χ0v) is 38.3. The van der Waals surface area contributed by atoms with Crippen LogP contribution < -0.4 is 9.80 Å². The lowest BCUT2D eigenvalue weighted by Crippen LogP contribution is -2.46. The van der Waals surface area contributed by atoms with E-state index >= 15 is 0 Å². The molecule has 0 spiro atoms. The summed E-state index contributed by atoms with van der Waals surface area (Å²) in [7, 11) is 0. The number of fused-ring (bicyclic) bond motifs is 5. The van der Waals surface area contributed by atoms with Crippen molar-refractivity contribution in [2.45, 2.75) is 64.3 Å². The Morgan fingerprint density at radius 2 is 0.954 bits per heavy atom. The molecule has 0 amide bonds. The van der Waals surface area contributed by atoms with Crippen LogP contribution in [0.1, 0.15) is 103 Å². The van der Waals surface area contributed by atoms with Gasteiger partial charge in [0.1, 0.15) is 11.6 Å². The van der Waals surface area contributed by atoms with Gasteiger partial charge in [0.05, 0.1) is 5.69 Å². The van der Waals surface area contributed by atoms with Crippen molar-refractivity contribution in [3.63, 3.8) is 0 Å². The molecular formula is C63H55N2. The van der Waals surface area contributed by atoms with Crippen LogP contribution in [0.3, 0.4) is 0 Å². The van der Waals surface area contributed by atoms with E-state index in [4.69, 9.17) is 0 Å². The van der Waals surface area contributed by atoms with Crippen LogP contribution in [-0.2, 0) is 11.0 Å². The van der Waals surface area contributed by atoms with Crippen molar-refractivity contribution in [2.24, 2.45) is 0 Å². The first-order chi connectivity index (χ1) is 31.7. The average Bonchev–Trinajstić information content (AvgIpc) is 3.78. The zero-order valence-electron chi connectivity index (χ0n) is 38.3. The smallest absolute Gasteiger partial charge is 0.124 e. The van der Waals surface area contributed by atoms with Gasteiger partial charge in [-0.2, -0.15) is 0 Å². The molecule has 0 atom stereocenters. The fourth-order valence-electron chi connectivity index (χ4n) is 11.3. The highest BCUT2D eigenvalue weighted by Crippen LogP contribution is 2.59. The summed E-state index contributed by atoms with van der Waals surface area (Å²) in [6.07, 6.45) is 0. The number of benzene rings is 9. The number of hydrogen-bond donors (Lipinski definition) is 0. The molecule has 2 heteroatoms. The van der Waals surface area contributed by atoms with Gasteiger partial charge in [0.25, 0.3) is 0 Å². The zero-order chi connectivity index (χ0) is 44.5.